The smallest absolute Gasteiger partial charge is 0.311 e. The molecule has 0 radical (unpaired) electrons. The molecule has 410 valence electrons. The molecule has 3 aliphatic rings. The summed E-state index contributed by atoms with van der Waals surface area (Å²) in [4.78, 5) is 29.9. The summed E-state index contributed by atoms with van der Waals surface area (Å²) in [6, 6.07) is 7.05. The van der Waals surface area contributed by atoms with E-state index in [1.165, 1.54) is 21.1 Å². The molecule has 3 aliphatic heterocycles. The van der Waals surface area contributed by atoms with Gasteiger partial charge in [-0.2, -0.15) is 0 Å². The maximum Gasteiger partial charge on any atom is 0.311 e. The number of unbranched alkanes of at least 4 members (excludes halogenated alkanes) is 2. The molecule has 0 unspecified atom stereocenters. The normalized spacial score (nSPS) is 39.0. The number of rotatable bonds is 16. The fourth-order valence-corrected chi connectivity index (χ4v) is 11.2. The highest BCUT2D eigenvalue weighted by Crippen LogP contribution is 2.40. The minimum Gasteiger partial charge on any atom is -0.469 e. The van der Waals surface area contributed by atoms with Crippen molar-refractivity contribution < 1.29 is 68.3 Å². The van der Waals surface area contributed by atoms with Gasteiger partial charge >= 0.3 is 11.9 Å². The number of aliphatic hydroxyl groups excluding tert-OH is 3. The average Bonchev–Trinajstić information content (AvgIpc) is 3.81. The molecule has 1 aromatic heterocycles. The van der Waals surface area contributed by atoms with Gasteiger partial charge < -0.3 is 63.6 Å². The van der Waals surface area contributed by atoms with E-state index < -0.39 is 102 Å². The summed E-state index contributed by atoms with van der Waals surface area (Å²) in [6.07, 6.45) is -4.25. The molecule has 3 fully saturated rings. The topological polar surface area (TPSA) is 237 Å². The van der Waals surface area contributed by atoms with Crippen molar-refractivity contribution in [3.8, 4) is 11.3 Å². The Kier molecular flexibility index (Phi) is 21.2. The average molecular weight is 1020 g/mol. The highest BCUT2D eigenvalue weighted by molar-refractivity contribution is 5.73. The van der Waals surface area contributed by atoms with Crippen molar-refractivity contribution in [2.24, 2.45) is 17.8 Å². The lowest BCUT2D eigenvalue weighted by Crippen LogP contribution is -2.60. The lowest BCUT2D eigenvalue weighted by Gasteiger charge is -2.49. The molecule has 0 saturated carbocycles. The molecule has 0 amide bonds. The zero-order chi connectivity index (χ0) is 53.5. The molecule has 0 aliphatic carbocycles. The summed E-state index contributed by atoms with van der Waals surface area (Å²) < 4.78 is 44.9. The highest BCUT2D eigenvalue weighted by Gasteiger charge is 2.53. The van der Waals surface area contributed by atoms with Crippen LogP contribution < -0.4 is 0 Å². The first-order chi connectivity index (χ1) is 33.8. The van der Waals surface area contributed by atoms with Crippen LogP contribution in [-0.2, 0) is 55.8 Å². The summed E-state index contributed by atoms with van der Waals surface area (Å²) in [5.74, 6) is -2.99. The van der Waals surface area contributed by atoms with Crippen molar-refractivity contribution in [1.29, 1.82) is 0 Å². The van der Waals surface area contributed by atoms with Gasteiger partial charge in [-0.1, -0.05) is 56.7 Å². The van der Waals surface area contributed by atoms with Crippen LogP contribution in [0.15, 0.2) is 30.5 Å². The molecule has 1 aromatic carbocycles. The van der Waals surface area contributed by atoms with Gasteiger partial charge in [0.2, 0.25) is 0 Å². The van der Waals surface area contributed by atoms with E-state index in [-0.39, 0.29) is 37.3 Å². The number of hydrogen-bond acceptors (Lipinski definition) is 18. The van der Waals surface area contributed by atoms with E-state index >= 15 is 0 Å². The van der Waals surface area contributed by atoms with Gasteiger partial charge in [0, 0.05) is 63.2 Å². The largest absolute Gasteiger partial charge is 0.469 e. The summed E-state index contributed by atoms with van der Waals surface area (Å²) in [6.45, 7) is 19.2. The predicted octanol–water partition coefficient (Wildman–Crippen LogP) is 4.46. The SMILES string of the molecule is CC[C@H]1OC(=O)[C@H](C)[C@@H](O[C@H]2C[C@@](C)(OC)[C@@H](O)[C@H](C)O2)[C@H](C)[C@@H](O[C@@H]2O[C@H](C)C[C@H](N(C)Cc3ccc(-c4cn(CCCCCC(=O)OC)nn4)cc3)[C@H]2O)[C@](C)(O)C[C@@H](C)CN(C)[C@H](C)[C@@H](O)[C@]1(C)O. The quantitative estimate of drug-likeness (QED) is 0.115. The molecule has 5 N–H and O–H groups in total. The molecule has 19 heteroatoms. The third-order valence-corrected chi connectivity index (χ3v) is 15.8. The Morgan fingerprint density at radius 1 is 0.931 bits per heavy atom. The Labute approximate surface area is 427 Å². The highest BCUT2D eigenvalue weighted by atomic mass is 16.7. The van der Waals surface area contributed by atoms with E-state index in [1.807, 2.05) is 74.9 Å². The van der Waals surface area contributed by atoms with Crippen LogP contribution in [-0.4, -0.2) is 187 Å². The monoisotopic (exact) mass is 1020 g/mol. The van der Waals surface area contributed by atoms with Gasteiger partial charge in [-0.25, -0.2) is 0 Å². The molecule has 72 heavy (non-hydrogen) atoms. The predicted molar refractivity (Wildman–Crippen MR) is 268 cm³/mol. The van der Waals surface area contributed by atoms with Crippen LogP contribution in [0.3, 0.4) is 0 Å². The molecule has 4 heterocycles. The van der Waals surface area contributed by atoms with E-state index in [0.29, 0.717) is 32.5 Å². The summed E-state index contributed by atoms with van der Waals surface area (Å²) in [5.41, 5.74) is -1.87. The summed E-state index contributed by atoms with van der Waals surface area (Å²) >= 11 is 0. The fourth-order valence-electron chi connectivity index (χ4n) is 11.2. The van der Waals surface area contributed by atoms with Crippen molar-refractivity contribution in [1.82, 2.24) is 24.8 Å². The number of nitrogens with zero attached hydrogens (tertiary/aromatic N) is 5. The molecular weight excluding hydrogens is 931 g/mol. The van der Waals surface area contributed by atoms with Gasteiger partial charge in [-0.3, -0.25) is 19.2 Å². The van der Waals surface area contributed by atoms with Crippen LogP contribution in [0, 0.1) is 17.8 Å². The first-order valence-electron chi connectivity index (χ1n) is 26.1. The Hall–Kier alpha value is -3.18. The number of aromatic nitrogens is 3. The number of carbonyl (C=O) groups excluding carboxylic acids is 2. The molecule has 3 saturated heterocycles. The number of aryl methyl sites for hydroxylation is 1. The lowest BCUT2D eigenvalue weighted by atomic mass is 9.77. The van der Waals surface area contributed by atoms with Crippen LogP contribution in [0.2, 0.25) is 0 Å². The first kappa shape index (κ1) is 59.7. The Morgan fingerprint density at radius 3 is 2.25 bits per heavy atom. The molecule has 2 aromatic rings. The Balaban J connectivity index is 1.41. The van der Waals surface area contributed by atoms with Crippen molar-refractivity contribution in [3.63, 3.8) is 0 Å². The Morgan fingerprint density at radius 2 is 1.61 bits per heavy atom. The zero-order valence-corrected chi connectivity index (χ0v) is 45.5. The number of cyclic esters (lactones) is 1. The van der Waals surface area contributed by atoms with Gasteiger partial charge in [-0.15, -0.1) is 5.10 Å². The van der Waals surface area contributed by atoms with Crippen molar-refractivity contribution >= 4 is 11.9 Å². The second-order valence-corrected chi connectivity index (χ2v) is 22.1. The number of ether oxygens (including phenoxy) is 7. The second kappa shape index (κ2) is 25.6. The third-order valence-electron chi connectivity index (χ3n) is 15.8. The number of likely N-dealkylation sites (N-methyl/N-ethyl adjacent to an activating group) is 2. The number of benzene rings is 1. The number of methoxy groups -OCH3 is 2. The standard InChI is InChI=1S/C53H89N5O14/c1-15-41-53(10,65)46(61)35(6)56(11)28-31(2)26-51(8,64)48(33(4)45(34(5)49(63)70-41)71-43-27-52(9,67-14)47(62)36(7)69-43)72-50-44(60)40(25-32(3)68-50)57(12)29-37-20-22-38(23-21-37)39-30-58(55-54-39)24-18-16-17-19-42(59)66-13/h20-23,30-36,40-41,43-48,50,60-62,64-65H,15-19,24-29H2,1-14H3/t31-,32-,33+,34-,35-,36+,40+,41-,43+,44-,45+,46-,47+,48-,50+,51-,52-,53-/m1/s1. The first-order valence-corrected chi connectivity index (χ1v) is 26.1. The maximum atomic E-state index is 14.5. The molecule has 19 nitrogen and oxygen atoms in total. The molecule has 18 atom stereocenters. The minimum absolute atomic E-state index is 0.101. The van der Waals surface area contributed by atoms with Gasteiger partial charge in [0.1, 0.15) is 35.7 Å². The number of hydrogen-bond donors (Lipinski definition) is 5. The van der Waals surface area contributed by atoms with E-state index in [0.717, 1.165) is 36.1 Å². The van der Waals surface area contributed by atoms with Crippen LogP contribution in [0.5, 0.6) is 0 Å². The summed E-state index contributed by atoms with van der Waals surface area (Å²) in [5, 5.41) is 68.5. The zero-order valence-electron chi connectivity index (χ0n) is 45.5. The van der Waals surface area contributed by atoms with E-state index in [4.69, 9.17) is 33.2 Å². The van der Waals surface area contributed by atoms with Gasteiger partial charge in [0.25, 0.3) is 0 Å². The maximum absolute atomic E-state index is 14.5. The van der Waals surface area contributed by atoms with E-state index in [9.17, 15) is 35.1 Å². The fraction of sp³-hybridized carbons (Fsp3) is 0.811. The minimum atomic E-state index is -1.84. The molecule has 0 spiro atoms. The molecule has 0 bridgehead atoms. The van der Waals surface area contributed by atoms with Gasteiger partial charge in [0.15, 0.2) is 12.6 Å². The number of aliphatic hydroxyl groups is 5. The number of esters is 2. The second-order valence-electron chi connectivity index (χ2n) is 22.1. The van der Waals surface area contributed by atoms with Crippen molar-refractivity contribution in [2.45, 2.75) is 224 Å². The van der Waals surface area contributed by atoms with Crippen LogP contribution in [0.25, 0.3) is 11.3 Å². The lowest BCUT2D eigenvalue weighted by molar-refractivity contribution is -0.318. The third kappa shape index (κ3) is 14.6. The Bertz CT molecular complexity index is 2010. The van der Waals surface area contributed by atoms with Crippen molar-refractivity contribution in [3.05, 3.63) is 36.0 Å². The van der Waals surface area contributed by atoms with E-state index in [1.54, 1.807) is 41.5 Å². The van der Waals surface area contributed by atoms with Gasteiger partial charge in [0.05, 0.1) is 54.8 Å². The van der Waals surface area contributed by atoms with Crippen molar-refractivity contribution in [2.75, 3.05) is 34.9 Å². The molecule has 5 rings (SSSR count). The van der Waals surface area contributed by atoms with Crippen LogP contribution >= 0.6 is 0 Å². The summed E-state index contributed by atoms with van der Waals surface area (Å²) in [7, 11) is 6.69. The van der Waals surface area contributed by atoms with Gasteiger partial charge in [-0.05, 0) is 106 Å². The molecular formula is C53H89N5O14. The number of carbonyl (C=O) groups is 2. The van der Waals surface area contributed by atoms with E-state index in [2.05, 4.69) is 15.2 Å². The van der Waals surface area contributed by atoms with Crippen LogP contribution in [0.1, 0.15) is 126 Å². The van der Waals surface area contributed by atoms with Crippen LogP contribution in [0.4, 0.5) is 0 Å².